The van der Waals surface area contributed by atoms with E-state index in [1.807, 2.05) is 36.4 Å². The zero-order chi connectivity index (χ0) is 25.1. The molecule has 1 heterocycles. The molecule has 2 aliphatic rings. The number of carbonyl (C=O) groups is 3. The number of ether oxygens (including phenoxy) is 2. The second-order valence-corrected chi connectivity index (χ2v) is 9.25. The van der Waals surface area contributed by atoms with Crippen LogP contribution < -0.4 is 5.32 Å². The third-order valence-corrected chi connectivity index (χ3v) is 6.68. The number of fused-ring (bicyclic) bond motifs is 3. The van der Waals surface area contributed by atoms with Gasteiger partial charge in [0.1, 0.15) is 18.6 Å². The summed E-state index contributed by atoms with van der Waals surface area (Å²) in [6.45, 7) is 0.569. The lowest BCUT2D eigenvalue weighted by atomic mass is 9.98. The molecule has 0 saturated carbocycles. The van der Waals surface area contributed by atoms with E-state index in [9.17, 15) is 19.5 Å². The first-order chi connectivity index (χ1) is 16.8. The number of benzene rings is 2. The fraction of sp³-hybridized carbons (Fsp3) is 0.423. The molecule has 4 rings (SSSR count). The molecule has 0 aromatic heterocycles. The van der Waals surface area contributed by atoms with Crippen molar-refractivity contribution in [1.29, 1.82) is 0 Å². The Balaban J connectivity index is 1.43. The van der Waals surface area contributed by atoms with E-state index >= 15 is 0 Å². The number of amides is 2. The molecule has 9 heteroatoms. The Morgan fingerprint density at radius 3 is 2.17 bits per heavy atom. The molecular formula is C26H31N3O6. The van der Waals surface area contributed by atoms with Crippen LogP contribution in [0.2, 0.25) is 0 Å². The summed E-state index contributed by atoms with van der Waals surface area (Å²) < 4.78 is 10.9. The highest BCUT2D eigenvalue weighted by atomic mass is 16.5. The lowest BCUT2D eigenvalue weighted by molar-refractivity contribution is -0.144. The molecule has 0 radical (unpaired) electrons. The Morgan fingerprint density at radius 2 is 1.66 bits per heavy atom. The minimum atomic E-state index is -1.01. The molecule has 1 fully saturated rings. The number of nitrogens with one attached hydrogen (secondary N) is 1. The minimum Gasteiger partial charge on any atom is -0.481 e. The van der Waals surface area contributed by atoms with Crippen LogP contribution in [0.5, 0.6) is 0 Å². The van der Waals surface area contributed by atoms with Gasteiger partial charge in [-0.2, -0.15) is 0 Å². The standard InChI is InChI=1S/C26H31N3O6/c1-28(2)13-22(24(30)29-12-20(25(31)32)23(14-29)34-3)27-26(33)35-15-21-18-10-6-4-8-16(18)17-9-5-7-11-19(17)21/h4-11,20-23H,12-15H2,1-3H3,(H,27,33)(H,31,32). The van der Waals surface area contributed by atoms with Gasteiger partial charge in [-0.25, -0.2) is 4.79 Å². The number of hydrogen-bond acceptors (Lipinski definition) is 6. The number of likely N-dealkylation sites (N-methyl/N-ethyl adjacent to an activating group) is 1. The lowest BCUT2D eigenvalue weighted by Gasteiger charge is -2.26. The van der Waals surface area contributed by atoms with E-state index in [0.29, 0.717) is 0 Å². The van der Waals surface area contributed by atoms with E-state index in [2.05, 4.69) is 17.4 Å². The van der Waals surface area contributed by atoms with Crippen LogP contribution in [0.25, 0.3) is 11.1 Å². The van der Waals surface area contributed by atoms with E-state index in [0.717, 1.165) is 22.3 Å². The molecule has 2 aromatic carbocycles. The summed E-state index contributed by atoms with van der Waals surface area (Å²) in [6.07, 6.45) is -1.28. The monoisotopic (exact) mass is 481 g/mol. The van der Waals surface area contributed by atoms with Crippen molar-refractivity contribution in [2.75, 3.05) is 47.4 Å². The van der Waals surface area contributed by atoms with Crippen LogP contribution in [0.3, 0.4) is 0 Å². The smallest absolute Gasteiger partial charge is 0.407 e. The van der Waals surface area contributed by atoms with Crippen molar-refractivity contribution >= 4 is 18.0 Å². The quantitative estimate of drug-likeness (QED) is 0.594. The maximum atomic E-state index is 13.2. The molecule has 2 amide bonds. The van der Waals surface area contributed by atoms with Crippen molar-refractivity contribution in [3.05, 3.63) is 59.7 Å². The normalized spacial score (nSPS) is 19.8. The minimum absolute atomic E-state index is 0.0307. The van der Waals surface area contributed by atoms with Gasteiger partial charge in [0.05, 0.1) is 6.10 Å². The van der Waals surface area contributed by atoms with Crippen LogP contribution in [0.4, 0.5) is 4.79 Å². The highest BCUT2D eigenvalue weighted by Crippen LogP contribution is 2.44. The summed E-state index contributed by atoms with van der Waals surface area (Å²) in [7, 11) is 5.02. The van der Waals surface area contributed by atoms with Crippen molar-refractivity contribution in [2.45, 2.75) is 18.1 Å². The molecule has 9 nitrogen and oxygen atoms in total. The first-order valence-corrected chi connectivity index (χ1v) is 11.6. The lowest BCUT2D eigenvalue weighted by Crippen LogP contribution is -2.52. The van der Waals surface area contributed by atoms with Crippen molar-refractivity contribution in [3.8, 4) is 11.1 Å². The van der Waals surface area contributed by atoms with E-state index in [1.54, 1.807) is 19.0 Å². The third-order valence-electron chi connectivity index (χ3n) is 6.68. The summed E-state index contributed by atoms with van der Waals surface area (Å²) in [6, 6.07) is 15.2. The zero-order valence-electron chi connectivity index (χ0n) is 20.1. The predicted octanol–water partition coefficient (Wildman–Crippen LogP) is 2.01. The molecule has 0 bridgehead atoms. The molecule has 3 unspecified atom stereocenters. The second kappa shape index (κ2) is 10.5. The predicted molar refractivity (Wildman–Crippen MR) is 129 cm³/mol. The molecule has 0 spiro atoms. The van der Waals surface area contributed by atoms with E-state index in [4.69, 9.17) is 9.47 Å². The van der Waals surface area contributed by atoms with Crippen molar-refractivity contribution in [2.24, 2.45) is 5.92 Å². The fourth-order valence-electron chi connectivity index (χ4n) is 4.98. The summed E-state index contributed by atoms with van der Waals surface area (Å²) >= 11 is 0. The average molecular weight is 482 g/mol. The van der Waals surface area contributed by atoms with Crippen LogP contribution in [-0.2, 0) is 19.1 Å². The van der Waals surface area contributed by atoms with Gasteiger partial charge in [-0.3, -0.25) is 9.59 Å². The summed E-state index contributed by atoms with van der Waals surface area (Å²) in [5.74, 6) is -2.27. The van der Waals surface area contributed by atoms with E-state index < -0.39 is 30.1 Å². The van der Waals surface area contributed by atoms with E-state index in [1.165, 1.54) is 12.0 Å². The van der Waals surface area contributed by atoms with Gasteiger partial charge < -0.3 is 29.7 Å². The largest absolute Gasteiger partial charge is 0.481 e. The van der Waals surface area contributed by atoms with Gasteiger partial charge in [-0.15, -0.1) is 0 Å². The van der Waals surface area contributed by atoms with E-state index in [-0.39, 0.29) is 38.1 Å². The zero-order valence-corrected chi connectivity index (χ0v) is 20.1. The maximum Gasteiger partial charge on any atom is 0.407 e. The number of carboxylic acid groups (broad SMARTS) is 1. The van der Waals surface area contributed by atoms with Gasteiger partial charge in [0, 0.05) is 32.7 Å². The number of aliphatic carboxylic acids is 1. The molecule has 1 saturated heterocycles. The van der Waals surface area contributed by atoms with Crippen LogP contribution in [-0.4, -0.2) is 92.5 Å². The molecular weight excluding hydrogens is 450 g/mol. The summed E-state index contributed by atoms with van der Waals surface area (Å²) in [5, 5.41) is 12.1. The number of nitrogens with zero attached hydrogens (tertiary/aromatic N) is 2. The van der Waals surface area contributed by atoms with Crippen molar-refractivity contribution in [3.63, 3.8) is 0 Å². The van der Waals surface area contributed by atoms with Gasteiger partial charge in [0.2, 0.25) is 5.91 Å². The second-order valence-electron chi connectivity index (χ2n) is 9.25. The fourth-order valence-corrected chi connectivity index (χ4v) is 4.98. The van der Waals surface area contributed by atoms with Crippen LogP contribution >= 0.6 is 0 Å². The molecule has 186 valence electrons. The summed E-state index contributed by atoms with van der Waals surface area (Å²) in [5.41, 5.74) is 4.47. The van der Waals surface area contributed by atoms with Gasteiger partial charge in [0.25, 0.3) is 0 Å². The number of methoxy groups -OCH3 is 1. The number of hydrogen-bond donors (Lipinski definition) is 2. The highest BCUT2D eigenvalue weighted by molar-refractivity contribution is 5.87. The number of likely N-dealkylation sites (tertiary alicyclic amines) is 1. The number of carboxylic acids is 1. The Kier molecular flexibility index (Phi) is 7.37. The first-order valence-electron chi connectivity index (χ1n) is 11.6. The Hall–Kier alpha value is -3.43. The van der Waals surface area contributed by atoms with Crippen molar-refractivity contribution < 1.29 is 29.0 Å². The van der Waals surface area contributed by atoms with Gasteiger partial charge in [-0.05, 0) is 36.3 Å². The molecule has 2 N–H and O–H groups in total. The van der Waals surface area contributed by atoms with Gasteiger partial charge in [-0.1, -0.05) is 48.5 Å². The third kappa shape index (κ3) is 5.16. The van der Waals surface area contributed by atoms with Crippen LogP contribution in [0, 0.1) is 5.92 Å². The van der Waals surface area contributed by atoms with Gasteiger partial charge in [0.15, 0.2) is 0 Å². The average Bonchev–Trinajstić information content (AvgIpc) is 3.41. The van der Waals surface area contributed by atoms with Crippen LogP contribution in [0.1, 0.15) is 17.0 Å². The van der Waals surface area contributed by atoms with Gasteiger partial charge >= 0.3 is 12.1 Å². The SMILES string of the molecule is COC1CN(C(=O)C(CN(C)C)NC(=O)OCC2c3ccccc3-c3ccccc32)CC1C(=O)O. The first kappa shape index (κ1) is 24.7. The Morgan fingerprint density at radius 1 is 1.06 bits per heavy atom. The maximum absolute atomic E-state index is 13.2. The molecule has 3 atom stereocenters. The summed E-state index contributed by atoms with van der Waals surface area (Å²) in [4.78, 5) is 40.8. The topological polar surface area (TPSA) is 108 Å². The van der Waals surface area contributed by atoms with Crippen molar-refractivity contribution in [1.82, 2.24) is 15.1 Å². The Labute approximate surface area is 204 Å². The molecule has 1 aliphatic heterocycles. The number of carbonyl (C=O) groups excluding carboxylic acids is 2. The molecule has 2 aromatic rings. The molecule has 1 aliphatic carbocycles. The van der Waals surface area contributed by atoms with Crippen LogP contribution in [0.15, 0.2) is 48.5 Å². The number of alkyl carbamates (subject to hydrolysis) is 1. The number of rotatable bonds is 8. The Bertz CT molecular complexity index is 1060. The molecule has 35 heavy (non-hydrogen) atoms. The highest BCUT2D eigenvalue weighted by Gasteiger charge is 2.42.